The number of anilines is 1. The maximum Gasteiger partial charge on any atom is 0.240 e. The molecule has 1 aliphatic rings. The Kier molecular flexibility index (Phi) is 6.79. The number of ether oxygens (including phenoxy) is 1. The van der Waals surface area contributed by atoms with Crippen molar-refractivity contribution < 1.29 is 17.9 Å². The molecule has 150 valence electrons. The van der Waals surface area contributed by atoms with E-state index in [0.29, 0.717) is 18.8 Å². The van der Waals surface area contributed by atoms with E-state index < -0.39 is 10.0 Å². The summed E-state index contributed by atoms with van der Waals surface area (Å²) in [5, 5.41) is 2.61. The lowest BCUT2D eigenvalue weighted by molar-refractivity contribution is -0.114. The van der Waals surface area contributed by atoms with E-state index in [9.17, 15) is 13.2 Å². The summed E-state index contributed by atoms with van der Waals surface area (Å²) < 4.78 is 33.4. The number of carbonyl (C=O) groups excluding carboxylic acids is 1. The molecule has 0 radical (unpaired) electrons. The van der Waals surface area contributed by atoms with Crippen LogP contribution in [0.2, 0.25) is 0 Å². The van der Waals surface area contributed by atoms with Crippen LogP contribution >= 0.6 is 0 Å². The minimum absolute atomic E-state index is 0.151. The first-order valence-corrected chi connectivity index (χ1v) is 10.7. The minimum atomic E-state index is -3.64. The average molecular weight is 404 g/mol. The molecular weight excluding hydrogens is 378 g/mol. The predicted octanol–water partition coefficient (Wildman–Crippen LogP) is 1.82. The van der Waals surface area contributed by atoms with Crippen LogP contribution in [0.1, 0.15) is 12.5 Å². The van der Waals surface area contributed by atoms with Crippen LogP contribution in [0.4, 0.5) is 5.69 Å². The highest BCUT2D eigenvalue weighted by atomic mass is 32.2. The molecule has 2 aromatic rings. The van der Waals surface area contributed by atoms with Gasteiger partial charge in [0.1, 0.15) is 0 Å². The summed E-state index contributed by atoms with van der Waals surface area (Å²) in [4.78, 5) is 13.5. The van der Waals surface area contributed by atoms with Gasteiger partial charge in [-0.05, 0) is 29.8 Å². The molecule has 0 spiro atoms. The lowest BCUT2D eigenvalue weighted by Crippen LogP contribution is -2.47. The van der Waals surface area contributed by atoms with Crippen LogP contribution in [-0.2, 0) is 26.1 Å². The fourth-order valence-corrected chi connectivity index (χ4v) is 4.16. The minimum Gasteiger partial charge on any atom is -0.374 e. The first kappa shape index (κ1) is 20.5. The third kappa shape index (κ3) is 5.87. The Balaban J connectivity index is 1.54. The summed E-state index contributed by atoms with van der Waals surface area (Å²) >= 11 is 0. The van der Waals surface area contributed by atoms with E-state index in [1.165, 1.54) is 24.6 Å². The third-order valence-electron chi connectivity index (χ3n) is 4.46. The van der Waals surface area contributed by atoms with E-state index in [-0.39, 0.29) is 23.5 Å². The Morgan fingerprint density at radius 2 is 1.86 bits per heavy atom. The van der Waals surface area contributed by atoms with Crippen molar-refractivity contribution in [1.29, 1.82) is 0 Å². The van der Waals surface area contributed by atoms with E-state index in [1.54, 1.807) is 12.1 Å². The van der Waals surface area contributed by atoms with Gasteiger partial charge in [0.2, 0.25) is 15.9 Å². The zero-order valence-corrected chi connectivity index (χ0v) is 16.6. The van der Waals surface area contributed by atoms with Gasteiger partial charge in [0.15, 0.2) is 0 Å². The highest BCUT2D eigenvalue weighted by Crippen LogP contribution is 2.15. The molecule has 2 aromatic carbocycles. The first-order chi connectivity index (χ1) is 13.4. The zero-order valence-electron chi connectivity index (χ0n) is 15.8. The van der Waals surface area contributed by atoms with E-state index in [2.05, 4.69) is 27.1 Å². The molecule has 8 heteroatoms. The number of morpholine rings is 1. The number of nitrogens with one attached hydrogen (secondary N) is 2. The summed E-state index contributed by atoms with van der Waals surface area (Å²) in [5.74, 6) is -0.205. The maximum absolute atomic E-state index is 12.5. The molecule has 0 saturated carbocycles. The Hall–Kier alpha value is -2.26. The van der Waals surface area contributed by atoms with Crippen LogP contribution in [0.5, 0.6) is 0 Å². The van der Waals surface area contributed by atoms with Crippen LogP contribution in [0.25, 0.3) is 0 Å². The quantitative estimate of drug-likeness (QED) is 0.736. The van der Waals surface area contributed by atoms with Crippen LogP contribution in [0.15, 0.2) is 59.5 Å². The number of amides is 1. The Labute approximate surface area is 165 Å². The Bertz CT molecular complexity index is 885. The second-order valence-electron chi connectivity index (χ2n) is 6.77. The second-order valence-corrected chi connectivity index (χ2v) is 8.54. The van der Waals surface area contributed by atoms with Crippen molar-refractivity contribution in [2.75, 3.05) is 31.6 Å². The van der Waals surface area contributed by atoms with Gasteiger partial charge in [-0.2, -0.15) is 0 Å². The normalized spacial score (nSPS) is 18.0. The van der Waals surface area contributed by atoms with Gasteiger partial charge >= 0.3 is 0 Å². The molecule has 1 saturated heterocycles. The summed E-state index contributed by atoms with van der Waals surface area (Å²) in [6.45, 7) is 4.49. The largest absolute Gasteiger partial charge is 0.374 e. The monoisotopic (exact) mass is 403 g/mol. The molecule has 1 unspecified atom stereocenters. The summed E-state index contributed by atoms with van der Waals surface area (Å²) in [5.41, 5.74) is 1.78. The number of rotatable bonds is 7. The lowest BCUT2D eigenvalue weighted by atomic mass is 10.2. The van der Waals surface area contributed by atoms with Gasteiger partial charge < -0.3 is 10.1 Å². The summed E-state index contributed by atoms with van der Waals surface area (Å²) in [7, 11) is -3.64. The van der Waals surface area contributed by atoms with Crippen molar-refractivity contribution in [3.63, 3.8) is 0 Å². The fraction of sp³-hybridized carbons (Fsp3) is 0.350. The second kappa shape index (κ2) is 9.29. The SMILES string of the molecule is CC(=O)Nc1ccc(S(=O)(=O)NCC2CN(Cc3ccccc3)CCO2)cc1. The highest BCUT2D eigenvalue weighted by molar-refractivity contribution is 7.89. The van der Waals surface area contributed by atoms with E-state index in [4.69, 9.17) is 4.74 Å². The van der Waals surface area contributed by atoms with Crippen LogP contribution < -0.4 is 10.0 Å². The molecule has 3 rings (SSSR count). The number of sulfonamides is 1. The molecule has 0 bridgehead atoms. The van der Waals surface area contributed by atoms with Gasteiger partial charge in [0, 0.05) is 38.8 Å². The molecule has 0 aromatic heterocycles. The predicted molar refractivity (Wildman–Crippen MR) is 107 cm³/mol. The van der Waals surface area contributed by atoms with Crippen molar-refractivity contribution in [3.8, 4) is 0 Å². The van der Waals surface area contributed by atoms with Gasteiger partial charge in [-0.15, -0.1) is 0 Å². The molecule has 0 aliphatic carbocycles. The maximum atomic E-state index is 12.5. The van der Waals surface area contributed by atoms with Crippen LogP contribution in [-0.4, -0.2) is 51.6 Å². The number of hydrogen-bond donors (Lipinski definition) is 2. The van der Waals surface area contributed by atoms with Crippen LogP contribution in [0.3, 0.4) is 0 Å². The van der Waals surface area contributed by atoms with E-state index >= 15 is 0 Å². The van der Waals surface area contributed by atoms with Gasteiger partial charge in [-0.25, -0.2) is 13.1 Å². The van der Waals surface area contributed by atoms with Crippen molar-refractivity contribution in [1.82, 2.24) is 9.62 Å². The number of nitrogens with zero attached hydrogens (tertiary/aromatic N) is 1. The van der Waals surface area contributed by atoms with Crippen molar-refractivity contribution in [2.45, 2.75) is 24.5 Å². The van der Waals surface area contributed by atoms with Crippen molar-refractivity contribution in [3.05, 3.63) is 60.2 Å². The van der Waals surface area contributed by atoms with Crippen molar-refractivity contribution in [2.24, 2.45) is 0 Å². The zero-order chi connectivity index (χ0) is 20.0. The number of carbonyl (C=O) groups is 1. The molecule has 1 aliphatic heterocycles. The molecule has 28 heavy (non-hydrogen) atoms. The van der Waals surface area contributed by atoms with Gasteiger partial charge in [-0.1, -0.05) is 30.3 Å². The average Bonchev–Trinajstić information content (AvgIpc) is 2.68. The highest BCUT2D eigenvalue weighted by Gasteiger charge is 2.23. The van der Waals surface area contributed by atoms with Crippen LogP contribution in [0, 0.1) is 0 Å². The van der Waals surface area contributed by atoms with Gasteiger partial charge in [-0.3, -0.25) is 9.69 Å². The number of benzene rings is 2. The molecule has 7 nitrogen and oxygen atoms in total. The third-order valence-corrected chi connectivity index (χ3v) is 5.90. The Morgan fingerprint density at radius 3 is 2.54 bits per heavy atom. The summed E-state index contributed by atoms with van der Waals surface area (Å²) in [6.07, 6.45) is -0.203. The summed E-state index contributed by atoms with van der Waals surface area (Å²) in [6, 6.07) is 16.2. The van der Waals surface area contributed by atoms with E-state index in [1.807, 2.05) is 18.2 Å². The molecule has 2 N–H and O–H groups in total. The Morgan fingerprint density at radius 1 is 1.14 bits per heavy atom. The molecule has 1 heterocycles. The first-order valence-electron chi connectivity index (χ1n) is 9.17. The lowest BCUT2D eigenvalue weighted by Gasteiger charge is -2.33. The fourth-order valence-electron chi connectivity index (χ4n) is 3.10. The topological polar surface area (TPSA) is 87.7 Å². The standard InChI is InChI=1S/C20H25N3O4S/c1-16(24)22-18-7-9-20(10-8-18)28(25,26)21-13-19-15-23(11-12-27-19)14-17-5-3-2-4-6-17/h2-10,19,21H,11-15H2,1H3,(H,22,24). The smallest absolute Gasteiger partial charge is 0.240 e. The van der Waals surface area contributed by atoms with Crippen molar-refractivity contribution >= 4 is 21.6 Å². The van der Waals surface area contributed by atoms with Gasteiger partial charge in [0.05, 0.1) is 17.6 Å². The molecule has 1 amide bonds. The van der Waals surface area contributed by atoms with E-state index in [0.717, 1.165) is 13.1 Å². The molecular formula is C20H25N3O4S. The molecule has 1 atom stereocenters. The number of hydrogen-bond acceptors (Lipinski definition) is 5. The van der Waals surface area contributed by atoms with Gasteiger partial charge in [0.25, 0.3) is 0 Å². The molecule has 1 fully saturated rings.